The first kappa shape index (κ1) is 11.8. The molecule has 0 amide bonds. The van der Waals surface area contributed by atoms with Gasteiger partial charge in [-0.05, 0) is 19.8 Å². The van der Waals surface area contributed by atoms with E-state index < -0.39 is 0 Å². The van der Waals surface area contributed by atoms with Crippen LogP contribution in [0.25, 0.3) is 0 Å². The van der Waals surface area contributed by atoms with E-state index >= 15 is 0 Å². The van der Waals surface area contributed by atoms with Gasteiger partial charge in [0.25, 0.3) is 0 Å². The fourth-order valence-corrected chi connectivity index (χ4v) is 0.702. The summed E-state index contributed by atoms with van der Waals surface area (Å²) in [4.78, 5) is 0. The Bertz CT molecular complexity index is 99.1. The largest absolute Gasteiger partial charge is 0.353 e. The molecule has 0 fully saturated rings. The van der Waals surface area contributed by atoms with Crippen LogP contribution in [0.5, 0.6) is 0 Å². The summed E-state index contributed by atoms with van der Waals surface area (Å²) in [6.07, 6.45) is 1.23. The lowest BCUT2D eigenvalue weighted by Gasteiger charge is -2.14. The minimum atomic E-state index is -0.289. The minimum Gasteiger partial charge on any atom is -0.353 e. The molecule has 0 aliphatic rings. The zero-order valence-corrected chi connectivity index (χ0v) is 7.95. The van der Waals surface area contributed by atoms with Gasteiger partial charge in [0.2, 0.25) is 0 Å². The van der Waals surface area contributed by atoms with Gasteiger partial charge in [-0.25, -0.2) is 0 Å². The molecule has 74 valence electrons. The van der Waals surface area contributed by atoms with E-state index in [4.69, 9.17) is 20.9 Å². The van der Waals surface area contributed by atoms with E-state index in [1.165, 1.54) is 0 Å². The molecule has 0 aromatic carbocycles. The number of hydrogen-bond acceptors (Lipinski definition) is 4. The Morgan fingerprint density at radius 3 is 2.25 bits per heavy atom. The molecule has 1 atom stereocenters. The predicted molar refractivity (Wildman–Crippen MR) is 48.4 cm³/mol. The van der Waals surface area contributed by atoms with Crippen LogP contribution in [0.4, 0.5) is 0 Å². The molecular weight excluding hydrogens is 156 g/mol. The molecule has 1 unspecified atom stereocenters. The van der Waals surface area contributed by atoms with Crippen molar-refractivity contribution in [2.24, 2.45) is 11.5 Å². The molecule has 0 bridgehead atoms. The molecule has 4 heteroatoms. The van der Waals surface area contributed by atoms with Gasteiger partial charge < -0.3 is 20.9 Å². The Hall–Kier alpha value is -0.160. The molecule has 0 rings (SSSR count). The van der Waals surface area contributed by atoms with Crippen molar-refractivity contribution in [1.82, 2.24) is 0 Å². The quantitative estimate of drug-likeness (QED) is 0.551. The second-order valence-corrected chi connectivity index (χ2v) is 2.76. The lowest BCUT2D eigenvalue weighted by atomic mass is 10.4. The maximum atomic E-state index is 5.34. The van der Waals surface area contributed by atoms with E-state index in [0.717, 1.165) is 13.0 Å². The van der Waals surface area contributed by atoms with Gasteiger partial charge in [-0.1, -0.05) is 6.92 Å². The van der Waals surface area contributed by atoms with E-state index in [1.807, 2.05) is 6.92 Å². The summed E-state index contributed by atoms with van der Waals surface area (Å²) >= 11 is 0. The summed E-state index contributed by atoms with van der Waals surface area (Å²) in [7, 11) is 0. The van der Waals surface area contributed by atoms with Crippen LogP contribution in [0.1, 0.15) is 26.7 Å². The maximum Gasteiger partial charge on any atom is 0.154 e. The van der Waals surface area contributed by atoms with E-state index in [-0.39, 0.29) is 12.5 Å². The summed E-state index contributed by atoms with van der Waals surface area (Å²) in [5.41, 5.74) is 10.7. The molecule has 0 aromatic heterocycles. The first-order chi connectivity index (χ1) is 5.66. The molecule has 0 aliphatic carbocycles. The maximum absolute atomic E-state index is 5.34. The number of hydrogen-bond donors (Lipinski definition) is 2. The van der Waals surface area contributed by atoms with Crippen LogP contribution >= 0.6 is 0 Å². The van der Waals surface area contributed by atoms with Crippen molar-refractivity contribution in [1.29, 1.82) is 0 Å². The third kappa shape index (κ3) is 7.94. The van der Waals surface area contributed by atoms with Crippen molar-refractivity contribution in [3.63, 3.8) is 0 Å². The van der Waals surface area contributed by atoms with Crippen molar-refractivity contribution >= 4 is 0 Å². The molecule has 0 aliphatic heterocycles. The highest BCUT2D eigenvalue weighted by molar-refractivity contribution is 4.48. The van der Waals surface area contributed by atoms with Crippen molar-refractivity contribution < 1.29 is 9.47 Å². The molecule has 0 saturated carbocycles. The molecule has 0 spiro atoms. The van der Waals surface area contributed by atoms with Gasteiger partial charge in [0.15, 0.2) is 6.29 Å². The first-order valence-corrected chi connectivity index (χ1v) is 4.41. The standard InChI is InChI=1S/C8H20N2O2/c1-3-5-11-7(2)12-6-4-8(9)10/h7-8H,3-6,9-10H2,1-2H3. The van der Waals surface area contributed by atoms with Crippen molar-refractivity contribution in [3.05, 3.63) is 0 Å². The van der Waals surface area contributed by atoms with Crippen molar-refractivity contribution in [2.45, 2.75) is 39.1 Å². The molecule has 4 N–H and O–H groups in total. The third-order valence-corrected chi connectivity index (χ3v) is 1.36. The SMILES string of the molecule is CCCOC(C)OCCC(N)N. The molecule has 12 heavy (non-hydrogen) atoms. The van der Waals surface area contributed by atoms with Gasteiger partial charge in [0.1, 0.15) is 0 Å². The zero-order chi connectivity index (χ0) is 9.40. The fraction of sp³-hybridized carbons (Fsp3) is 1.00. The molecule has 0 aromatic rings. The van der Waals surface area contributed by atoms with Gasteiger partial charge in [-0.2, -0.15) is 0 Å². The number of rotatable bonds is 7. The summed E-state index contributed by atoms with van der Waals surface area (Å²) in [5, 5.41) is 0. The highest BCUT2D eigenvalue weighted by Crippen LogP contribution is 1.95. The summed E-state index contributed by atoms with van der Waals surface area (Å²) in [6.45, 7) is 5.22. The Kier molecular flexibility index (Phi) is 7.39. The third-order valence-electron chi connectivity index (χ3n) is 1.36. The van der Waals surface area contributed by atoms with Crippen LogP contribution in [0.3, 0.4) is 0 Å². The molecule has 0 radical (unpaired) electrons. The average molecular weight is 176 g/mol. The average Bonchev–Trinajstić information content (AvgIpc) is 2.00. The normalized spacial score (nSPS) is 13.8. The van der Waals surface area contributed by atoms with E-state index in [1.54, 1.807) is 0 Å². The number of ether oxygens (including phenoxy) is 2. The first-order valence-electron chi connectivity index (χ1n) is 4.41. The van der Waals surface area contributed by atoms with Gasteiger partial charge in [-0.15, -0.1) is 0 Å². The molecular formula is C8H20N2O2. The van der Waals surface area contributed by atoms with Crippen molar-refractivity contribution in [3.8, 4) is 0 Å². The highest BCUT2D eigenvalue weighted by atomic mass is 16.7. The monoisotopic (exact) mass is 176 g/mol. The van der Waals surface area contributed by atoms with E-state index in [2.05, 4.69) is 6.92 Å². The Balaban J connectivity index is 3.13. The Morgan fingerprint density at radius 1 is 1.17 bits per heavy atom. The minimum absolute atomic E-state index is 0.149. The van der Waals surface area contributed by atoms with Crippen LogP contribution in [-0.4, -0.2) is 25.7 Å². The van der Waals surface area contributed by atoms with Crippen LogP contribution < -0.4 is 11.5 Å². The highest BCUT2D eigenvalue weighted by Gasteiger charge is 2.01. The van der Waals surface area contributed by atoms with Crippen LogP contribution in [0.2, 0.25) is 0 Å². The second kappa shape index (κ2) is 7.49. The summed E-state index contributed by atoms with van der Waals surface area (Å²) in [5.74, 6) is 0. The van der Waals surface area contributed by atoms with Crippen molar-refractivity contribution in [2.75, 3.05) is 13.2 Å². The zero-order valence-electron chi connectivity index (χ0n) is 7.95. The number of nitrogens with two attached hydrogens (primary N) is 2. The lowest BCUT2D eigenvalue weighted by Crippen LogP contribution is -2.32. The van der Waals surface area contributed by atoms with E-state index in [0.29, 0.717) is 13.0 Å². The van der Waals surface area contributed by atoms with Gasteiger partial charge in [0, 0.05) is 6.61 Å². The van der Waals surface area contributed by atoms with E-state index in [9.17, 15) is 0 Å². The molecule has 0 heterocycles. The van der Waals surface area contributed by atoms with Crippen LogP contribution in [-0.2, 0) is 9.47 Å². The molecule has 4 nitrogen and oxygen atoms in total. The fourth-order valence-electron chi connectivity index (χ4n) is 0.702. The van der Waals surface area contributed by atoms with Crippen LogP contribution in [0.15, 0.2) is 0 Å². The van der Waals surface area contributed by atoms with Gasteiger partial charge >= 0.3 is 0 Å². The predicted octanol–water partition coefficient (Wildman–Crippen LogP) is 0.409. The van der Waals surface area contributed by atoms with Crippen LogP contribution in [0, 0.1) is 0 Å². The lowest BCUT2D eigenvalue weighted by molar-refractivity contribution is -0.131. The topological polar surface area (TPSA) is 70.5 Å². The van der Waals surface area contributed by atoms with Gasteiger partial charge in [0.05, 0.1) is 12.8 Å². The second-order valence-electron chi connectivity index (χ2n) is 2.76. The summed E-state index contributed by atoms with van der Waals surface area (Å²) < 4.78 is 10.5. The van der Waals surface area contributed by atoms with Gasteiger partial charge in [-0.3, -0.25) is 0 Å². The molecule has 0 saturated heterocycles. The Labute approximate surface area is 74.2 Å². The Morgan fingerprint density at radius 2 is 1.75 bits per heavy atom. The smallest absolute Gasteiger partial charge is 0.154 e. The summed E-state index contributed by atoms with van der Waals surface area (Å²) in [6, 6.07) is 0.